The summed E-state index contributed by atoms with van der Waals surface area (Å²) in [6, 6.07) is 4.97. The minimum atomic E-state index is -0.788. The second-order valence-corrected chi connectivity index (χ2v) is 6.25. The van der Waals surface area contributed by atoms with Crippen LogP contribution in [0.4, 0.5) is 0 Å². The molecule has 2 rings (SSSR count). The molecule has 0 aliphatic carbocycles. The van der Waals surface area contributed by atoms with E-state index in [0.717, 1.165) is 0 Å². The van der Waals surface area contributed by atoms with Gasteiger partial charge in [-0.05, 0) is 37.0 Å². The van der Waals surface area contributed by atoms with Crippen LogP contribution in [-0.2, 0) is 9.53 Å². The predicted molar refractivity (Wildman–Crippen MR) is 89.7 cm³/mol. The Kier molecular flexibility index (Phi) is 6.87. The van der Waals surface area contributed by atoms with Gasteiger partial charge in [-0.25, -0.2) is 0 Å². The molecule has 1 fully saturated rings. The van der Waals surface area contributed by atoms with Gasteiger partial charge in [0.2, 0.25) is 0 Å². The number of carbonyl (C=O) groups is 2. The summed E-state index contributed by atoms with van der Waals surface area (Å²) < 4.78 is 10.6. The minimum Gasteiger partial charge on any atom is -0.490 e. The first-order valence-corrected chi connectivity index (χ1v) is 8.31. The molecule has 1 amide bonds. The van der Waals surface area contributed by atoms with E-state index in [-0.39, 0.29) is 18.2 Å². The molecule has 1 heterocycles. The van der Waals surface area contributed by atoms with Crippen molar-refractivity contribution in [2.24, 2.45) is 5.92 Å². The number of carbonyl (C=O) groups excluding carboxylic acids is 1. The van der Waals surface area contributed by atoms with Crippen molar-refractivity contribution in [1.82, 2.24) is 4.90 Å². The van der Waals surface area contributed by atoms with Crippen LogP contribution in [0.25, 0.3) is 0 Å². The van der Waals surface area contributed by atoms with Crippen LogP contribution in [0.15, 0.2) is 18.2 Å². The summed E-state index contributed by atoms with van der Waals surface area (Å²) in [4.78, 5) is 25.3. The van der Waals surface area contributed by atoms with Crippen molar-refractivity contribution in [3.8, 4) is 5.75 Å². The molecule has 0 saturated carbocycles. The average molecular weight is 356 g/mol. The molecule has 132 valence electrons. The molecule has 6 nitrogen and oxygen atoms in total. The predicted octanol–water partition coefficient (Wildman–Crippen LogP) is 2.69. The van der Waals surface area contributed by atoms with Gasteiger partial charge in [-0.2, -0.15) is 0 Å². The number of likely N-dealkylation sites (tertiary alicyclic amines) is 1. The van der Waals surface area contributed by atoms with Crippen LogP contribution in [0.2, 0.25) is 5.02 Å². The van der Waals surface area contributed by atoms with Gasteiger partial charge in [0.05, 0.1) is 12.2 Å². The standard InChI is InChI=1S/C17H22ClNO5/c1-23-8-9-24-15-3-2-13(18)11-14(15)17(22)19-6-4-12(5-7-19)10-16(20)21/h2-3,11-12H,4-10H2,1H3,(H,20,21). The van der Waals surface area contributed by atoms with Crippen LogP contribution in [0.3, 0.4) is 0 Å². The third kappa shape index (κ3) is 5.11. The summed E-state index contributed by atoms with van der Waals surface area (Å²) in [5, 5.41) is 9.34. The van der Waals surface area contributed by atoms with Crippen molar-refractivity contribution in [1.29, 1.82) is 0 Å². The normalized spacial score (nSPS) is 15.3. The van der Waals surface area contributed by atoms with E-state index in [2.05, 4.69) is 0 Å². The van der Waals surface area contributed by atoms with Crippen LogP contribution in [0.5, 0.6) is 5.75 Å². The van der Waals surface area contributed by atoms with Crippen LogP contribution in [-0.4, -0.2) is 55.3 Å². The van der Waals surface area contributed by atoms with Gasteiger partial charge in [-0.15, -0.1) is 0 Å². The number of aliphatic carboxylic acids is 1. The zero-order valence-electron chi connectivity index (χ0n) is 13.7. The molecule has 1 saturated heterocycles. The van der Waals surface area contributed by atoms with Gasteiger partial charge in [0, 0.05) is 31.6 Å². The average Bonchev–Trinajstić information content (AvgIpc) is 2.56. The van der Waals surface area contributed by atoms with Gasteiger partial charge in [0.1, 0.15) is 12.4 Å². The maximum atomic E-state index is 12.8. The monoisotopic (exact) mass is 355 g/mol. The molecule has 0 spiro atoms. The van der Waals surface area contributed by atoms with E-state index >= 15 is 0 Å². The van der Waals surface area contributed by atoms with Crippen molar-refractivity contribution in [3.63, 3.8) is 0 Å². The Morgan fingerprint density at radius 3 is 2.62 bits per heavy atom. The molecule has 1 aliphatic heterocycles. The highest BCUT2D eigenvalue weighted by Crippen LogP contribution is 2.27. The summed E-state index contributed by atoms with van der Waals surface area (Å²) in [5.74, 6) is -0.320. The molecule has 24 heavy (non-hydrogen) atoms. The zero-order chi connectivity index (χ0) is 17.5. The Labute approximate surface area is 146 Å². The smallest absolute Gasteiger partial charge is 0.303 e. The molecular formula is C17H22ClNO5. The molecule has 1 aromatic carbocycles. The molecule has 1 N–H and O–H groups in total. The van der Waals surface area contributed by atoms with Crippen molar-refractivity contribution < 1.29 is 24.2 Å². The highest BCUT2D eigenvalue weighted by molar-refractivity contribution is 6.31. The summed E-state index contributed by atoms with van der Waals surface area (Å²) >= 11 is 6.03. The Balaban J connectivity index is 2.03. The molecule has 0 radical (unpaired) electrons. The van der Waals surface area contributed by atoms with Crippen molar-refractivity contribution in [3.05, 3.63) is 28.8 Å². The van der Waals surface area contributed by atoms with Crippen molar-refractivity contribution in [2.45, 2.75) is 19.3 Å². The second kappa shape index (κ2) is 8.89. The second-order valence-electron chi connectivity index (χ2n) is 5.82. The van der Waals surface area contributed by atoms with Crippen LogP contribution >= 0.6 is 11.6 Å². The van der Waals surface area contributed by atoms with Crippen LogP contribution in [0.1, 0.15) is 29.6 Å². The van der Waals surface area contributed by atoms with E-state index in [4.69, 9.17) is 26.2 Å². The summed E-state index contributed by atoms with van der Waals surface area (Å²) in [5.41, 5.74) is 0.426. The first-order chi connectivity index (χ1) is 11.5. The Hall–Kier alpha value is -1.79. The number of amides is 1. The lowest BCUT2D eigenvalue weighted by Gasteiger charge is -2.31. The van der Waals surface area contributed by atoms with E-state index in [1.54, 1.807) is 30.2 Å². The Bertz CT molecular complexity index is 584. The number of hydrogen-bond acceptors (Lipinski definition) is 4. The molecule has 0 unspecified atom stereocenters. The fourth-order valence-corrected chi connectivity index (χ4v) is 2.96. The third-order valence-corrected chi connectivity index (χ3v) is 4.32. The number of rotatable bonds is 7. The SMILES string of the molecule is COCCOc1ccc(Cl)cc1C(=O)N1CCC(CC(=O)O)CC1. The van der Waals surface area contributed by atoms with Crippen molar-refractivity contribution >= 4 is 23.5 Å². The van der Waals surface area contributed by atoms with Gasteiger partial charge in [0.25, 0.3) is 5.91 Å². The number of halogens is 1. The number of nitrogens with zero attached hydrogens (tertiary/aromatic N) is 1. The van der Waals surface area contributed by atoms with E-state index in [9.17, 15) is 9.59 Å². The number of piperidine rings is 1. The van der Waals surface area contributed by atoms with E-state index in [0.29, 0.717) is 55.5 Å². The molecule has 0 aromatic heterocycles. The Morgan fingerprint density at radius 2 is 2.00 bits per heavy atom. The van der Waals surface area contributed by atoms with Gasteiger partial charge in [0.15, 0.2) is 0 Å². The summed E-state index contributed by atoms with van der Waals surface area (Å²) in [7, 11) is 1.58. The molecule has 0 atom stereocenters. The van der Waals surface area contributed by atoms with E-state index in [1.807, 2.05) is 0 Å². The molecule has 1 aromatic rings. The fourth-order valence-electron chi connectivity index (χ4n) is 2.79. The number of ether oxygens (including phenoxy) is 2. The Morgan fingerprint density at radius 1 is 1.29 bits per heavy atom. The number of hydrogen-bond donors (Lipinski definition) is 1. The van der Waals surface area contributed by atoms with Gasteiger partial charge in [-0.1, -0.05) is 11.6 Å². The fraction of sp³-hybridized carbons (Fsp3) is 0.529. The number of carboxylic acids is 1. The summed E-state index contributed by atoms with van der Waals surface area (Å²) in [6.07, 6.45) is 1.54. The van der Waals surface area contributed by atoms with Gasteiger partial charge >= 0.3 is 5.97 Å². The number of carboxylic acid groups (broad SMARTS) is 1. The van der Waals surface area contributed by atoms with Crippen LogP contribution in [0, 0.1) is 5.92 Å². The first kappa shape index (κ1) is 18.5. The highest BCUT2D eigenvalue weighted by Gasteiger charge is 2.26. The lowest BCUT2D eigenvalue weighted by atomic mass is 9.93. The third-order valence-electron chi connectivity index (χ3n) is 4.08. The topological polar surface area (TPSA) is 76.1 Å². The summed E-state index contributed by atoms with van der Waals surface area (Å²) in [6.45, 7) is 1.86. The van der Waals surface area contributed by atoms with Gasteiger partial charge < -0.3 is 19.5 Å². The maximum Gasteiger partial charge on any atom is 0.303 e. The van der Waals surface area contributed by atoms with E-state index < -0.39 is 5.97 Å². The first-order valence-electron chi connectivity index (χ1n) is 7.93. The van der Waals surface area contributed by atoms with Gasteiger partial charge in [-0.3, -0.25) is 9.59 Å². The molecule has 7 heteroatoms. The highest BCUT2D eigenvalue weighted by atomic mass is 35.5. The lowest BCUT2D eigenvalue weighted by Crippen LogP contribution is -2.39. The maximum absolute atomic E-state index is 12.8. The van der Waals surface area contributed by atoms with Crippen molar-refractivity contribution in [2.75, 3.05) is 33.4 Å². The quantitative estimate of drug-likeness (QED) is 0.761. The minimum absolute atomic E-state index is 0.128. The largest absolute Gasteiger partial charge is 0.490 e. The number of benzene rings is 1. The number of methoxy groups -OCH3 is 1. The zero-order valence-corrected chi connectivity index (χ0v) is 14.4. The lowest BCUT2D eigenvalue weighted by molar-refractivity contribution is -0.138. The molecule has 0 bridgehead atoms. The van der Waals surface area contributed by atoms with Crippen LogP contribution < -0.4 is 4.74 Å². The van der Waals surface area contributed by atoms with E-state index in [1.165, 1.54) is 0 Å². The molecular weight excluding hydrogens is 334 g/mol. The molecule has 1 aliphatic rings.